The fourth-order valence-corrected chi connectivity index (χ4v) is 2.62. The maximum absolute atomic E-state index is 6.01. The van der Waals surface area contributed by atoms with Crippen molar-refractivity contribution < 1.29 is 4.74 Å². The van der Waals surface area contributed by atoms with Crippen molar-refractivity contribution in [1.29, 1.82) is 0 Å². The van der Waals surface area contributed by atoms with Gasteiger partial charge in [-0.05, 0) is 67.6 Å². The Balaban J connectivity index is 1.73. The van der Waals surface area contributed by atoms with Crippen LogP contribution < -0.4 is 10.1 Å². The van der Waals surface area contributed by atoms with Crippen molar-refractivity contribution in [3.63, 3.8) is 0 Å². The predicted molar refractivity (Wildman–Crippen MR) is 90.0 cm³/mol. The molecule has 0 spiro atoms. The van der Waals surface area contributed by atoms with Crippen LogP contribution in [0.2, 0.25) is 0 Å². The first-order valence-electron chi connectivity index (χ1n) is 7.39. The molecule has 1 saturated carbocycles. The average molecular weight is 346 g/mol. The maximum Gasteiger partial charge on any atom is 0.131 e. The Kier molecular flexibility index (Phi) is 4.32. The highest BCUT2D eigenvalue weighted by Crippen LogP contribution is 2.29. The average Bonchev–Trinajstić information content (AvgIpc) is 3.26. The highest BCUT2D eigenvalue weighted by Gasteiger charge is 2.20. The third kappa shape index (κ3) is 3.86. The van der Waals surface area contributed by atoms with Gasteiger partial charge in [0.1, 0.15) is 11.5 Å². The zero-order valence-electron chi connectivity index (χ0n) is 12.4. The second-order valence-electron chi connectivity index (χ2n) is 5.76. The molecule has 21 heavy (non-hydrogen) atoms. The first-order chi connectivity index (χ1) is 10.1. The molecule has 1 N–H and O–H groups in total. The quantitative estimate of drug-likeness (QED) is 0.812. The Morgan fingerprint density at radius 3 is 2.62 bits per heavy atom. The molecule has 3 rings (SSSR count). The Labute approximate surface area is 134 Å². The van der Waals surface area contributed by atoms with Gasteiger partial charge in [-0.15, -0.1) is 0 Å². The van der Waals surface area contributed by atoms with Gasteiger partial charge < -0.3 is 10.1 Å². The third-order valence-corrected chi connectivity index (χ3v) is 4.34. The molecular formula is C18H20BrNO. The van der Waals surface area contributed by atoms with E-state index in [9.17, 15) is 0 Å². The molecule has 0 aliphatic heterocycles. The van der Waals surface area contributed by atoms with E-state index < -0.39 is 0 Å². The summed E-state index contributed by atoms with van der Waals surface area (Å²) in [6.45, 7) is 5.15. The van der Waals surface area contributed by atoms with Gasteiger partial charge in [-0.3, -0.25) is 0 Å². The minimum Gasteiger partial charge on any atom is -0.457 e. The molecule has 0 saturated heterocycles. The van der Waals surface area contributed by atoms with Crippen molar-refractivity contribution in [1.82, 2.24) is 5.32 Å². The summed E-state index contributed by atoms with van der Waals surface area (Å²) in [7, 11) is 0. The van der Waals surface area contributed by atoms with E-state index in [1.54, 1.807) is 0 Å². The van der Waals surface area contributed by atoms with Crippen molar-refractivity contribution in [3.8, 4) is 11.5 Å². The van der Waals surface area contributed by atoms with Crippen LogP contribution in [-0.4, -0.2) is 6.04 Å². The van der Waals surface area contributed by atoms with Crippen LogP contribution >= 0.6 is 15.9 Å². The lowest BCUT2D eigenvalue weighted by molar-refractivity contribution is 0.477. The molecule has 0 heterocycles. The molecule has 0 unspecified atom stereocenters. The lowest BCUT2D eigenvalue weighted by atomic mass is 10.1. The summed E-state index contributed by atoms with van der Waals surface area (Å²) < 4.78 is 7.05. The summed E-state index contributed by atoms with van der Waals surface area (Å²) in [5.41, 5.74) is 3.75. The summed E-state index contributed by atoms with van der Waals surface area (Å²) in [4.78, 5) is 0. The molecule has 2 aromatic carbocycles. The van der Waals surface area contributed by atoms with E-state index in [0.717, 1.165) is 34.1 Å². The van der Waals surface area contributed by atoms with Gasteiger partial charge in [0.05, 0.1) is 0 Å². The van der Waals surface area contributed by atoms with E-state index >= 15 is 0 Å². The molecular weight excluding hydrogens is 326 g/mol. The molecule has 1 aliphatic carbocycles. The molecule has 0 radical (unpaired) electrons. The predicted octanol–water partition coefficient (Wildman–Crippen LogP) is 5.11. The summed E-state index contributed by atoms with van der Waals surface area (Å²) in [6.07, 6.45) is 2.64. The standard InChI is InChI=1S/C18H20BrNO/c1-12-3-5-15(19)10-18(12)21-17-8-4-14(13(2)9-17)11-20-16-6-7-16/h3-5,8-10,16,20H,6-7,11H2,1-2H3. The Morgan fingerprint density at radius 1 is 1.10 bits per heavy atom. The molecule has 2 aromatic rings. The van der Waals surface area contributed by atoms with E-state index in [2.05, 4.69) is 59.4 Å². The summed E-state index contributed by atoms with van der Waals surface area (Å²) in [6, 6.07) is 13.2. The second-order valence-corrected chi connectivity index (χ2v) is 6.67. The van der Waals surface area contributed by atoms with Gasteiger partial charge in [0, 0.05) is 17.1 Å². The number of rotatable bonds is 5. The molecule has 0 aromatic heterocycles. The molecule has 1 aliphatic rings. The molecule has 0 amide bonds. The normalized spacial score (nSPS) is 14.2. The topological polar surface area (TPSA) is 21.3 Å². The van der Waals surface area contributed by atoms with Crippen LogP contribution in [0.5, 0.6) is 11.5 Å². The lowest BCUT2D eigenvalue weighted by Gasteiger charge is -2.12. The number of hydrogen-bond donors (Lipinski definition) is 1. The number of hydrogen-bond acceptors (Lipinski definition) is 2. The first-order valence-corrected chi connectivity index (χ1v) is 8.18. The van der Waals surface area contributed by atoms with Gasteiger partial charge in [-0.1, -0.05) is 28.1 Å². The van der Waals surface area contributed by atoms with E-state index in [-0.39, 0.29) is 0 Å². The number of nitrogens with one attached hydrogen (secondary N) is 1. The zero-order chi connectivity index (χ0) is 14.8. The van der Waals surface area contributed by atoms with Gasteiger partial charge in [0.2, 0.25) is 0 Å². The van der Waals surface area contributed by atoms with Crippen molar-refractivity contribution >= 4 is 15.9 Å². The Morgan fingerprint density at radius 2 is 1.90 bits per heavy atom. The van der Waals surface area contributed by atoms with E-state index in [0.29, 0.717) is 0 Å². The smallest absolute Gasteiger partial charge is 0.131 e. The fraction of sp³-hybridized carbons (Fsp3) is 0.333. The van der Waals surface area contributed by atoms with Crippen LogP contribution in [0.25, 0.3) is 0 Å². The summed E-state index contributed by atoms with van der Waals surface area (Å²) in [5.74, 6) is 1.79. The van der Waals surface area contributed by atoms with E-state index in [1.807, 2.05) is 12.1 Å². The van der Waals surface area contributed by atoms with Crippen molar-refractivity contribution in [2.75, 3.05) is 0 Å². The molecule has 0 atom stereocenters. The number of benzene rings is 2. The third-order valence-electron chi connectivity index (χ3n) is 3.85. The van der Waals surface area contributed by atoms with E-state index in [1.165, 1.54) is 24.0 Å². The number of aryl methyl sites for hydroxylation is 2. The molecule has 0 bridgehead atoms. The van der Waals surface area contributed by atoms with Crippen LogP contribution in [-0.2, 0) is 6.54 Å². The lowest BCUT2D eigenvalue weighted by Crippen LogP contribution is -2.15. The first kappa shape index (κ1) is 14.6. The minimum atomic E-state index is 0.740. The van der Waals surface area contributed by atoms with Crippen LogP contribution in [0.1, 0.15) is 29.5 Å². The van der Waals surface area contributed by atoms with Crippen LogP contribution in [0.4, 0.5) is 0 Å². The largest absolute Gasteiger partial charge is 0.457 e. The van der Waals surface area contributed by atoms with Crippen LogP contribution in [0.3, 0.4) is 0 Å². The van der Waals surface area contributed by atoms with Gasteiger partial charge in [0.25, 0.3) is 0 Å². The Bertz CT molecular complexity index is 650. The monoisotopic (exact) mass is 345 g/mol. The summed E-state index contributed by atoms with van der Waals surface area (Å²) >= 11 is 3.49. The fourth-order valence-electron chi connectivity index (χ4n) is 2.28. The highest BCUT2D eigenvalue weighted by molar-refractivity contribution is 9.10. The van der Waals surface area contributed by atoms with Crippen molar-refractivity contribution in [3.05, 3.63) is 57.6 Å². The van der Waals surface area contributed by atoms with Gasteiger partial charge in [-0.2, -0.15) is 0 Å². The number of ether oxygens (including phenoxy) is 1. The van der Waals surface area contributed by atoms with Crippen molar-refractivity contribution in [2.45, 2.75) is 39.3 Å². The van der Waals surface area contributed by atoms with Crippen molar-refractivity contribution in [2.24, 2.45) is 0 Å². The van der Waals surface area contributed by atoms with Gasteiger partial charge in [-0.25, -0.2) is 0 Å². The highest BCUT2D eigenvalue weighted by atomic mass is 79.9. The molecule has 3 heteroatoms. The SMILES string of the molecule is Cc1cc(Oc2cc(Br)ccc2C)ccc1CNC1CC1. The Hall–Kier alpha value is -1.32. The second kappa shape index (κ2) is 6.20. The molecule has 1 fully saturated rings. The van der Waals surface area contributed by atoms with Crippen LogP contribution in [0.15, 0.2) is 40.9 Å². The van der Waals surface area contributed by atoms with Gasteiger partial charge >= 0.3 is 0 Å². The maximum atomic E-state index is 6.01. The van der Waals surface area contributed by atoms with Gasteiger partial charge in [0.15, 0.2) is 0 Å². The number of halogens is 1. The van der Waals surface area contributed by atoms with E-state index in [4.69, 9.17) is 4.74 Å². The molecule has 2 nitrogen and oxygen atoms in total. The zero-order valence-corrected chi connectivity index (χ0v) is 14.0. The van der Waals surface area contributed by atoms with Crippen LogP contribution in [0, 0.1) is 13.8 Å². The molecule has 110 valence electrons. The minimum absolute atomic E-state index is 0.740. The summed E-state index contributed by atoms with van der Waals surface area (Å²) in [5, 5.41) is 3.55.